The molecule has 2 rings (SSSR count). The fourth-order valence-electron chi connectivity index (χ4n) is 1.90. The average Bonchev–Trinajstić information content (AvgIpc) is 2.86. The number of benzene rings is 1. The average molecular weight is 289 g/mol. The molecular formula is C14H15N3O4. The molecule has 0 aliphatic rings. The molecule has 1 amide bonds. The van der Waals surface area contributed by atoms with E-state index in [-0.39, 0.29) is 17.9 Å². The molecule has 1 unspecified atom stereocenters. The van der Waals surface area contributed by atoms with Gasteiger partial charge in [0.2, 0.25) is 0 Å². The first-order valence-electron chi connectivity index (χ1n) is 6.27. The minimum absolute atomic E-state index is 0.101. The predicted octanol–water partition coefficient (Wildman–Crippen LogP) is 0.551. The fraction of sp³-hybridized carbons (Fsp3) is 0.214. The smallest absolute Gasteiger partial charge is 0.326 e. The third kappa shape index (κ3) is 3.59. The summed E-state index contributed by atoms with van der Waals surface area (Å²) in [6.45, 7) is 0. The molecule has 7 nitrogen and oxygen atoms in total. The summed E-state index contributed by atoms with van der Waals surface area (Å²) >= 11 is 0. The fourth-order valence-corrected chi connectivity index (χ4v) is 1.90. The van der Waals surface area contributed by atoms with E-state index < -0.39 is 17.9 Å². The number of carbonyl (C=O) groups excluding carboxylic acids is 1. The predicted molar refractivity (Wildman–Crippen MR) is 73.9 cm³/mol. The number of aromatic hydroxyl groups is 1. The highest BCUT2D eigenvalue weighted by atomic mass is 16.4. The molecule has 0 radical (unpaired) electrons. The van der Waals surface area contributed by atoms with Gasteiger partial charge in [-0.15, -0.1) is 0 Å². The number of carboxylic acid groups (broad SMARTS) is 1. The first-order chi connectivity index (χ1) is 9.97. The molecule has 7 heteroatoms. The van der Waals surface area contributed by atoms with Crippen molar-refractivity contribution in [3.05, 3.63) is 47.8 Å². The summed E-state index contributed by atoms with van der Waals surface area (Å²) < 4.78 is 1.37. The Morgan fingerprint density at radius 1 is 1.29 bits per heavy atom. The molecular weight excluding hydrogens is 274 g/mol. The van der Waals surface area contributed by atoms with Gasteiger partial charge < -0.3 is 15.5 Å². The van der Waals surface area contributed by atoms with Crippen LogP contribution in [0.15, 0.2) is 36.5 Å². The summed E-state index contributed by atoms with van der Waals surface area (Å²) in [5.74, 6) is -1.52. The number of nitrogens with one attached hydrogen (secondary N) is 1. The number of carboxylic acids is 1. The molecule has 3 N–H and O–H groups in total. The highest BCUT2D eigenvalue weighted by Gasteiger charge is 2.22. The number of phenolic OH excluding ortho intramolecular Hbond substituents is 1. The maximum atomic E-state index is 12.0. The van der Waals surface area contributed by atoms with Gasteiger partial charge >= 0.3 is 5.97 Å². The number of aromatic nitrogens is 2. The lowest BCUT2D eigenvalue weighted by Gasteiger charge is -2.14. The summed E-state index contributed by atoms with van der Waals surface area (Å²) in [4.78, 5) is 23.3. The zero-order chi connectivity index (χ0) is 15.4. The van der Waals surface area contributed by atoms with Crippen LogP contribution >= 0.6 is 0 Å². The van der Waals surface area contributed by atoms with Crippen LogP contribution in [0.25, 0.3) is 0 Å². The largest absolute Gasteiger partial charge is 0.508 e. The minimum atomic E-state index is -1.13. The number of aryl methyl sites for hydroxylation is 1. The van der Waals surface area contributed by atoms with E-state index in [1.165, 1.54) is 29.1 Å². The summed E-state index contributed by atoms with van der Waals surface area (Å²) in [6.07, 6.45) is 1.59. The van der Waals surface area contributed by atoms with Crippen molar-refractivity contribution in [1.29, 1.82) is 0 Å². The molecule has 0 aliphatic carbocycles. The normalized spacial score (nSPS) is 11.9. The molecule has 0 fully saturated rings. The Bertz CT molecular complexity index is 648. The standard InChI is InChI=1S/C14H15N3O4/c1-17-12(6-7-15-17)13(19)16-11(14(20)21)8-9-2-4-10(18)5-3-9/h2-7,11,18H,8H2,1H3,(H,16,19)(H,20,21). The monoisotopic (exact) mass is 289 g/mol. The van der Waals surface area contributed by atoms with Crippen LogP contribution in [0.2, 0.25) is 0 Å². The lowest BCUT2D eigenvalue weighted by molar-refractivity contribution is -0.139. The van der Waals surface area contributed by atoms with Gasteiger partial charge in [0.1, 0.15) is 17.5 Å². The molecule has 0 saturated heterocycles. The summed E-state index contributed by atoms with van der Waals surface area (Å²) in [5, 5.41) is 24.7. The van der Waals surface area contributed by atoms with Crippen molar-refractivity contribution in [1.82, 2.24) is 15.1 Å². The number of phenols is 1. The number of nitrogens with zero attached hydrogens (tertiary/aromatic N) is 2. The van der Waals surface area contributed by atoms with Crippen molar-refractivity contribution < 1.29 is 19.8 Å². The third-order valence-corrected chi connectivity index (χ3v) is 3.03. The second-order valence-electron chi connectivity index (χ2n) is 4.57. The van der Waals surface area contributed by atoms with Crippen LogP contribution in [0, 0.1) is 0 Å². The van der Waals surface area contributed by atoms with Gasteiger partial charge in [0.05, 0.1) is 0 Å². The first-order valence-corrected chi connectivity index (χ1v) is 6.27. The van der Waals surface area contributed by atoms with E-state index in [0.717, 1.165) is 0 Å². The number of rotatable bonds is 5. The van der Waals surface area contributed by atoms with Gasteiger partial charge in [-0.2, -0.15) is 5.10 Å². The first kappa shape index (κ1) is 14.6. The van der Waals surface area contributed by atoms with Crippen molar-refractivity contribution in [2.75, 3.05) is 0 Å². The summed E-state index contributed by atoms with van der Waals surface area (Å²) in [6, 6.07) is 6.61. The third-order valence-electron chi connectivity index (χ3n) is 3.03. The maximum absolute atomic E-state index is 12.0. The van der Waals surface area contributed by atoms with Gasteiger partial charge in [0.15, 0.2) is 0 Å². The van der Waals surface area contributed by atoms with Crippen LogP contribution in [-0.2, 0) is 18.3 Å². The van der Waals surface area contributed by atoms with E-state index >= 15 is 0 Å². The van der Waals surface area contributed by atoms with Gasteiger partial charge in [-0.25, -0.2) is 4.79 Å². The van der Waals surface area contributed by atoms with E-state index in [0.29, 0.717) is 5.56 Å². The second kappa shape index (κ2) is 6.08. The summed E-state index contributed by atoms with van der Waals surface area (Å²) in [7, 11) is 1.60. The SMILES string of the molecule is Cn1nccc1C(=O)NC(Cc1ccc(O)cc1)C(=O)O. The summed E-state index contributed by atoms with van der Waals surface area (Å²) in [5.41, 5.74) is 0.984. The van der Waals surface area contributed by atoms with Gasteiger partial charge in [-0.1, -0.05) is 12.1 Å². The van der Waals surface area contributed by atoms with E-state index in [2.05, 4.69) is 10.4 Å². The van der Waals surface area contributed by atoms with E-state index in [1.54, 1.807) is 19.2 Å². The number of hydrogen-bond acceptors (Lipinski definition) is 4. The lowest BCUT2D eigenvalue weighted by atomic mass is 10.1. The van der Waals surface area contributed by atoms with Crippen molar-refractivity contribution in [2.24, 2.45) is 7.05 Å². The Hall–Kier alpha value is -2.83. The highest BCUT2D eigenvalue weighted by molar-refractivity contribution is 5.95. The van der Waals surface area contributed by atoms with Crippen LogP contribution in [0.4, 0.5) is 0 Å². The Morgan fingerprint density at radius 3 is 2.48 bits per heavy atom. The number of amides is 1. The van der Waals surface area contributed by atoms with Gasteiger partial charge in [0.25, 0.3) is 5.91 Å². The van der Waals surface area contributed by atoms with E-state index in [4.69, 9.17) is 0 Å². The van der Waals surface area contributed by atoms with Gasteiger partial charge in [0, 0.05) is 19.7 Å². The van der Waals surface area contributed by atoms with Crippen LogP contribution in [0.3, 0.4) is 0 Å². The molecule has 0 saturated carbocycles. The Balaban J connectivity index is 2.09. The van der Waals surface area contributed by atoms with Crippen molar-refractivity contribution in [2.45, 2.75) is 12.5 Å². The molecule has 1 aromatic carbocycles. The second-order valence-corrected chi connectivity index (χ2v) is 4.57. The molecule has 110 valence electrons. The van der Waals surface area contributed by atoms with E-state index in [1.807, 2.05) is 0 Å². The number of aliphatic carboxylic acids is 1. The Kier molecular flexibility index (Phi) is 4.22. The molecule has 2 aromatic rings. The topological polar surface area (TPSA) is 104 Å². The van der Waals surface area contributed by atoms with Crippen LogP contribution in [-0.4, -0.2) is 37.9 Å². The minimum Gasteiger partial charge on any atom is -0.508 e. The number of hydrogen-bond donors (Lipinski definition) is 3. The molecule has 0 bridgehead atoms. The van der Waals surface area contributed by atoms with Crippen LogP contribution in [0.1, 0.15) is 16.1 Å². The molecule has 0 aliphatic heterocycles. The Labute approximate surface area is 120 Å². The molecule has 1 heterocycles. The quantitative estimate of drug-likeness (QED) is 0.745. The van der Waals surface area contributed by atoms with Crippen LogP contribution in [0.5, 0.6) is 5.75 Å². The molecule has 21 heavy (non-hydrogen) atoms. The van der Waals surface area contributed by atoms with Crippen LogP contribution < -0.4 is 5.32 Å². The lowest BCUT2D eigenvalue weighted by Crippen LogP contribution is -2.42. The van der Waals surface area contributed by atoms with Crippen molar-refractivity contribution >= 4 is 11.9 Å². The van der Waals surface area contributed by atoms with Crippen molar-refractivity contribution in [3.8, 4) is 5.75 Å². The highest BCUT2D eigenvalue weighted by Crippen LogP contribution is 2.11. The van der Waals surface area contributed by atoms with Gasteiger partial charge in [-0.05, 0) is 23.8 Å². The molecule has 0 spiro atoms. The van der Waals surface area contributed by atoms with Gasteiger partial charge in [-0.3, -0.25) is 9.48 Å². The Morgan fingerprint density at radius 2 is 1.95 bits per heavy atom. The molecule has 1 atom stereocenters. The zero-order valence-corrected chi connectivity index (χ0v) is 11.4. The van der Waals surface area contributed by atoms with E-state index in [9.17, 15) is 19.8 Å². The number of carbonyl (C=O) groups is 2. The molecule has 1 aromatic heterocycles. The zero-order valence-electron chi connectivity index (χ0n) is 11.4. The van der Waals surface area contributed by atoms with Crippen molar-refractivity contribution in [3.63, 3.8) is 0 Å². The maximum Gasteiger partial charge on any atom is 0.326 e.